The van der Waals surface area contributed by atoms with Crippen LogP contribution in [0.3, 0.4) is 0 Å². The minimum atomic E-state index is 0.128. The van der Waals surface area contributed by atoms with Crippen molar-refractivity contribution < 1.29 is 4.74 Å². The molecule has 2 nitrogen and oxygen atoms in total. The first kappa shape index (κ1) is 17.3. The molecule has 2 fully saturated rings. The zero-order valence-corrected chi connectivity index (χ0v) is 14.6. The van der Waals surface area contributed by atoms with Gasteiger partial charge in [0.05, 0.1) is 5.60 Å². The van der Waals surface area contributed by atoms with Crippen molar-refractivity contribution in [1.82, 2.24) is 5.32 Å². The Balaban J connectivity index is 2.14. The summed E-state index contributed by atoms with van der Waals surface area (Å²) in [5.41, 5.74) is 0.128. The van der Waals surface area contributed by atoms with E-state index in [1.807, 2.05) is 0 Å². The molecule has 2 heteroatoms. The maximum Gasteiger partial charge on any atom is 0.0837 e. The Morgan fingerprint density at radius 2 is 1.81 bits per heavy atom. The fraction of sp³-hybridized carbons (Fsp3) is 1.00. The highest BCUT2D eigenvalue weighted by molar-refractivity contribution is 5.00. The molecule has 0 amide bonds. The third-order valence-electron chi connectivity index (χ3n) is 5.99. The molecule has 0 spiro atoms. The van der Waals surface area contributed by atoms with E-state index in [4.69, 9.17) is 4.74 Å². The Morgan fingerprint density at radius 1 is 1.05 bits per heavy atom. The topological polar surface area (TPSA) is 21.3 Å². The Labute approximate surface area is 132 Å². The molecule has 0 aromatic heterocycles. The van der Waals surface area contributed by atoms with Crippen LogP contribution in [0.25, 0.3) is 0 Å². The van der Waals surface area contributed by atoms with Crippen LogP contribution in [-0.4, -0.2) is 24.8 Å². The summed E-state index contributed by atoms with van der Waals surface area (Å²) in [6, 6.07) is 0.581. The van der Waals surface area contributed by atoms with Gasteiger partial charge in [-0.05, 0) is 51.0 Å². The molecule has 124 valence electrons. The minimum Gasteiger partial charge on any atom is -0.374 e. The molecular weight excluding hydrogens is 258 g/mol. The zero-order valence-electron chi connectivity index (χ0n) is 14.6. The van der Waals surface area contributed by atoms with Gasteiger partial charge in [-0.2, -0.15) is 0 Å². The summed E-state index contributed by atoms with van der Waals surface area (Å²) >= 11 is 0. The molecule has 0 bridgehead atoms. The van der Waals surface area contributed by atoms with Gasteiger partial charge < -0.3 is 10.1 Å². The van der Waals surface area contributed by atoms with Crippen LogP contribution in [0.5, 0.6) is 0 Å². The molecule has 21 heavy (non-hydrogen) atoms. The summed E-state index contributed by atoms with van der Waals surface area (Å²) in [5.74, 6) is 1.78. The highest BCUT2D eigenvalue weighted by Crippen LogP contribution is 2.42. The van der Waals surface area contributed by atoms with Crippen molar-refractivity contribution in [2.75, 3.05) is 13.2 Å². The predicted molar refractivity (Wildman–Crippen MR) is 90.6 cm³/mol. The second kappa shape index (κ2) is 8.53. The van der Waals surface area contributed by atoms with Crippen LogP contribution < -0.4 is 5.32 Å². The van der Waals surface area contributed by atoms with Crippen LogP contribution in [0, 0.1) is 11.8 Å². The average molecular weight is 296 g/mol. The van der Waals surface area contributed by atoms with E-state index in [9.17, 15) is 0 Å². The van der Waals surface area contributed by atoms with Crippen LogP contribution in [-0.2, 0) is 4.74 Å². The third kappa shape index (κ3) is 4.22. The molecule has 0 aliphatic heterocycles. The van der Waals surface area contributed by atoms with Crippen molar-refractivity contribution in [3.05, 3.63) is 0 Å². The quantitative estimate of drug-likeness (QED) is 0.720. The van der Waals surface area contributed by atoms with Crippen LogP contribution >= 0.6 is 0 Å². The molecule has 0 heterocycles. The molecular formula is C19H37NO. The highest BCUT2D eigenvalue weighted by atomic mass is 16.5. The van der Waals surface area contributed by atoms with Crippen LogP contribution in [0.2, 0.25) is 0 Å². The molecule has 1 N–H and O–H groups in total. The normalized spacial score (nSPS) is 31.0. The monoisotopic (exact) mass is 295 g/mol. The summed E-state index contributed by atoms with van der Waals surface area (Å²) in [5, 5.41) is 3.87. The number of hydrogen-bond donors (Lipinski definition) is 1. The molecule has 2 rings (SSSR count). The first-order valence-electron chi connectivity index (χ1n) is 9.63. The van der Waals surface area contributed by atoms with Crippen LogP contribution in [0.15, 0.2) is 0 Å². The van der Waals surface area contributed by atoms with E-state index in [1.54, 1.807) is 0 Å². The van der Waals surface area contributed by atoms with Gasteiger partial charge in [0, 0.05) is 12.6 Å². The summed E-state index contributed by atoms with van der Waals surface area (Å²) in [7, 11) is 0. The molecule has 3 unspecified atom stereocenters. The van der Waals surface area contributed by atoms with Gasteiger partial charge in [-0.3, -0.25) is 0 Å². The number of ether oxygens (including phenoxy) is 1. The SMILES string of the molecule is CCNC(C1CCCC(CC)C1)C1(OCC)CCCCC1. The lowest BCUT2D eigenvalue weighted by atomic mass is 9.68. The van der Waals surface area contributed by atoms with Gasteiger partial charge in [-0.1, -0.05) is 52.4 Å². The maximum atomic E-state index is 6.44. The molecule has 2 aliphatic rings. The average Bonchev–Trinajstić information content (AvgIpc) is 2.53. The van der Waals surface area contributed by atoms with Crippen molar-refractivity contribution >= 4 is 0 Å². The van der Waals surface area contributed by atoms with E-state index in [1.165, 1.54) is 64.2 Å². The highest BCUT2D eigenvalue weighted by Gasteiger charge is 2.44. The number of likely N-dealkylation sites (N-methyl/N-ethyl adjacent to an activating group) is 1. The number of hydrogen-bond acceptors (Lipinski definition) is 2. The smallest absolute Gasteiger partial charge is 0.0837 e. The second-order valence-electron chi connectivity index (χ2n) is 7.29. The lowest BCUT2D eigenvalue weighted by molar-refractivity contribution is -0.107. The van der Waals surface area contributed by atoms with Gasteiger partial charge in [-0.25, -0.2) is 0 Å². The fourth-order valence-electron chi connectivity index (χ4n) is 4.99. The summed E-state index contributed by atoms with van der Waals surface area (Å²) in [4.78, 5) is 0. The summed E-state index contributed by atoms with van der Waals surface area (Å²) in [6.07, 6.45) is 13.7. The Morgan fingerprint density at radius 3 is 2.43 bits per heavy atom. The van der Waals surface area contributed by atoms with E-state index < -0.39 is 0 Å². The van der Waals surface area contributed by atoms with Gasteiger partial charge in [0.25, 0.3) is 0 Å². The Kier molecular flexibility index (Phi) is 7.01. The van der Waals surface area contributed by atoms with Crippen molar-refractivity contribution in [1.29, 1.82) is 0 Å². The minimum absolute atomic E-state index is 0.128. The largest absolute Gasteiger partial charge is 0.374 e. The first-order valence-corrected chi connectivity index (χ1v) is 9.63. The molecule has 2 saturated carbocycles. The Hall–Kier alpha value is -0.0800. The molecule has 0 aromatic rings. The standard InChI is InChI=1S/C19H37NO/c1-4-16-11-10-12-17(15-16)18(20-5-2)19(21-6-3)13-8-7-9-14-19/h16-18,20H,4-15H2,1-3H3. The lowest BCUT2D eigenvalue weighted by Gasteiger charge is -2.48. The van der Waals surface area contributed by atoms with Crippen molar-refractivity contribution in [3.63, 3.8) is 0 Å². The maximum absolute atomic E-state index is 6.44. The molecule has 0 radical (unpaired) electrons. The predicted octanol–water partition coefficient (Wildman–Crippen LogP) is 4.92. The Bertz CT molecular complexity index is 280. The fourth-order valence-corrected chi connectivity index (χ4v) is 4.99. The van der Waals surface area contributed by atoms with Gasteiger partial charge in [-0.15, -0.1) is 0 Å². The number of nitrogens with one attached hydrogen (secondary N) is 1. The van der Waals surface area contributed by atoms with Gasteiger partial charge in [0.15, 0.2) is 0 Å². The summed E-state index contributed by atoms with van der Waals surface area (Å²) < 4.78 is 6.44. The third-order valence-corrected chi connectivity index (χ3v) is 5.99. The second-order valence-corrected chi connectivity index (χ2v) is 7.29. The van der Waals surface area contributed by atoms with E-state index in [-0.39, 0.29) is 5.60 Å². The van der Waals surface area contributed by atoms with Crippen molar-refractivity contribution in [2.45, 2.75) is 96.6 Å². The van der Waals surface area contributed by atoms with Crippen molar-refractivity contribution in [2.24, 2.45) is 11.8 Å². The molecule has 0 aromatic carbocycles. The van der Waals surface area contributed by atoms with Crippen molar-refractivity contribution in [3.8, 4) is 0 Å². The first-order chi connectivity index (χ1) is 10.3. The van der Waals surface area contributed by atoms with Gasteiger partial charge in [0.2, 0.25) is 0 Å². The van der Waals surface area contributed by atoms with Gasteiger partial charge in [0.1, 0.15) is 0 Å². The van der Waals surface area contributed by atoms with Crippen LogP contribution in [0.1, 0.15) is 85.0 Å². The van der Waals surface area contributed by atoms with E-state index in [0.29, 0.717) is 6.04 Å². The molecule has 0 saturated heterocycles. The lowest BCUT2D eigenvalue weighted by Crippen LogP contribution is -2.58. The summed E-state index contributed by atoms with van der Waals surface area (Å²) in [6.45, 7) is 8.75. The molecule has 2 aliphatic carbocycles. The van der Waals surface area contributed by atoms with Crippen LogP contribution in [0.4, 0.5) is 0 Å². The van der Waals surface area contributed by atoms with E-state index in [2.05, 4.69) is 26.1 Å². The van der Waals surface area contributed by atoms with Gasteiger partial charge >= 0.3 is 0 Å². The zero-order chi connectivity index (χ0) is 15.1. The molecule has 3 atom stereocenters. The van der Waals surface area contributed by atoms with E-state index >= 15 is 0 Å². The van der Waals surface area contributed by atoms with E-state index in [0.717, 1.165) is 25.0 Å². The number of rotatable bonds is 7.